The number of amides is 1. The number of hydrogen-bond acceptors (Lipinski definition) is 5. The maximum Gasteiger partial charge on any atom is 0.413 e. The van der Waals surface area contributed by atoms with E-state index in [2.05, 4.69) is 10.3 Å². The molecule has 9 heteroatoms. The smallest absolute Gasteiger partial charge is 0.413 e. The van der Waals surface area contributed by atoms with Crippen molar-refractivity contribution in [2.45, 2.75) is 6.61 Å². The Kier molecular flexibility index (Phi) is 5.13. The van der Waals surface area contributed by atoms with Crippen LogP contribution in [0.1, 0.15) is 5.56 Å². The normalized spacial score (nSPS) is 10.1. The van der Waals surface area contributed by atoms with Gasteiger partial charge in [-0.1, -0.05) is 53.5 Å². The molecule has 1 aromatic heterocycles. The number of benzene rings is 1. The number of pyridine rings is 1. The first kappa shape index (κ1) is 16.0. The minimum Gasteiger partial charge on any atom is -0.444 e. The van der Waals surface area contributed by atoms with Gasteiger partial charge in [0.1, 0.15) is 6.61 Å². The second kappa shape index (κ2) is 7.06. The number of aromatic nitrogens is 1. The summed E-state index contributed by atoms with van der Waals surface area (Å²) in [5, 5.41) is 12.8. The number of nitrogens with one attached hydrogen (secondary N) is 1. The van der Waals surface area contributed by atoms with Gasteiger partial charge in [0, 0.05) is 6.07 Å². The molecule has 1 heterocycles. The van der Waals surface area contributed by atoms with Gasteiger partial charge in [-0.05, 0) is 5.56 Å². The van der Waals surface area contributed by atoms with Crippen LogP contribution in [0.25, 0.3) is 0 Å². The van der Waals surface area contributed by atoms with Gasteiger partial charge < -0.3 is 4.74 Å². The number of carbonyl (C=O) groups excluding carboxylic acids is 1. The fourth-order valence-electron chi connectivity index (χ4n) is 1.54. The van der Waals surface area contributed by atoms with Crippen molar-refractivity contribution in [1.29, 1.82) is 0 Å². The van der Waals surface area contributed by atoms with E-state index in [1.807, 2.05) is 6.07 Å². The highest BCUT2D eigenvalue weighted by atomic mass is 35.5. The molecule has 1 N–H and O–H groups in total. The highest BCUT2D eigenvalue weighted by Crippen LogP contribution is 2.30. The van der Waals surface area contributed by atoms with E-state index in [0.717, 1.165) is 11.6 Å². The van der Waals surface area contributed by atoms with Crippen molar-refractivity contribution in [3.63, 3.8) is 0 Å². The zero-order valence-electron chi connectivity index (χ0n) is 11.0. The highest BCUT2D eigenvalue weighted by molar-refractivity contribution is 6.41. The Morgan fingerprint density at radius 3 is 2.64 bits per heavy atom. The van der Waals surface area contributed by atoms with Gasteiger partial charge in [0.15, 0.2) is 5.15 Å². The number of anilines is 1. The molecule has 0 spiro atoms. The van der Waals surface area contributed by atoms with Crippen molar-refractivity contribution in [1.82, 2.24) is 4.98 Å². The highest BCUT2D eigenvalue weighted by Gasteiger charge is 2.21. The third-order valence-corrected chi connectivity index (χ3v) is 3.22. The average Bonchev–Trinajstić information content (AvgIpc) is 2.49. The van der Waals surface area contributed by atoms with Crippen LogP contribution in [0.2, 0.25) is 10.2 Å². The topological polar surface area (TPSA) is 94.4 Å². The van der Waals surface area contributed by atoms with Crippen LogP contribution in [0.4, 0.5) is 16.3 Å². The van der Waals surface area contributed by atoms with E-state index in [-0.39, 0.29) is 22.6 Å². The molecule has 114 valence electrons. The molecule has 0 bridgehead atoms. The van der Waals surface area contributed by atoms with Gasteiger partial charge in [-0.2, -0.15) is 0 Å². The van der Waals surface area contributed by atoms with Gasteiger partial charge >= 0.3 is 11.8 Å². The first-order valence-electron chi connectivity index (χ1n) is 5.95. The standard InChI is InChI=1S/C13H9Cl2N3O4/c14-9-6-10(18(20)21)12(16-11(9)15)17-13(19)22-7-8-4-2-1-3-5-8/h1-6H,7H2,(H,16,17,19). The van der Waals surface area contributed by atoms with E-state index in [1.165, 1.54) is 0 Å². The van der Waals surface area contributed by atoms with Crippen molar-refractivity contribution >= 4 is 40.8 Å². The zero-order valence-corrected chi connectivity index (χ0v) is 12.5. The molecule has 1 aromatic carbocycles. The van der Waals surface area contributed by atoms with Crippen LogP contribution >= 0.6 is 23.2 Å². The van der Waals surface area contributed by atoms with Crippen molar-refractivity contribution in [3.8, 4) is 0 Å². The molecule has 0 unspecified atom stereocenters. The Hall–Kier alpha value is -2.38. The second-order valence-electron chi connectivity index (χ2n) is 4.07. The molecule has 0 saturated carbocycles. The van der Waals surface area contributed by atoms with E-state index >= 15 is 0 Å². The van der Waals surface area contributed by atoms with Gasteiger partial charge in [-0.15, -0.1) is 0 Å². The minimum atomic E-state index is -0.891. The predicted molar refractivity (Wildman–Crippen MR) is 81.2 cm³/mol. The van der Waals surface area contributed by atoms with Crippen molar-refractivity contribution in [2.75, 3.05) is 5.32 Å². The van der Waals surface area contributed by atoms with Crippen molar-refractivity contribution in [2.24, 2.45) is 0 Å². The summed E-state index contributed by atoms with van der Waals surface area (Å²) in [5.74, 6) is -0.336. The van der Waals surface area contributed by atoms with Gasteiger partial charge in [-0.25, -0.2) is 9.78 Å². The van der Waals surface area contributed by atoms with Gasteiger partial charge in [-0.3, -0.25) is 15.4 Å². The minimum absolute atomic E-state index is 0.0157. The summed E-state index contributed by atoms with van der Waals surface area (Å²) < 4.78 is 4.95. The summed E-state index contributed by atoms with van der Waals surface area (Å²) in [4.78, 5) is 25.5. The van der Waals surface area contributed by atoms with Crippen LogP contribution in [-0.4, -0.2) is 16.0 Å². The zero-order chi connectivity index (χ0) is 16.1. The molecule has 22 heavy (non-hydrogen) atoms. The fourth-order valence-corrected chi connectivity index (χ4v) is 1.83. The van der Waals surface area contributed by atoms with Gasteiger partial charge in [0.2, 0.25) is 5.82 Å². The molecule has 0 atom stereocenters. The molecule has 1 amide bonds. The van der Waals surface area contributed by atoms with Crippen LogP contribution in [0.3, 0.4) is 0 Å². The molecule has 0 aliphatic heterocycles. The first-order valence-corrected chi connectivity index (χ1v) is 6.71. The maximum absolute atomic E-state index is 11.7. The van der Waals surface area contributed by atoms with Crippen LogP contribution in [0, 0.1) is 10.1 Å². The molecule has 2 aromatic rings. The van der Waals surface area contributed by atoms with E-state index in [4.69, 9.17) is 27.9 Å². The number of nitro groups is 1. The summed E-state index contributed by atoms with van der Waals surface area (Å²) in [6, 6.07) is 9.96. The number of nitrogens with zero attached hydrogens (tertiary/aromatic N) is 2. The molecular weight excluding hydrogens is 333 g/mol. The van der Waals surface area contributed by atoms with Crippen LogP contribution in [0.5, 0.6) is 0 Å². The lowest BCUT2D eigenvalue weighted by molar-refractivity contribution is -0.384. The summed E-state index contributed by atoms with van der Waals surface area (Å²) in [5.41, 5.74) is 0.292. The molecule has 2 rings (SSSR count). The van der Waals surface area contributed by atoms with Gasteiger partial charge in [0.25, 0.3) is 0 Å². The Morgan fingerprint density at radius 1 is 1.32 bits per heavy atom. The summed E-state index contributed by atoms with van der Waals surface area (Å²) >= 11 is 11.4. The molecule has 0 fully saturated rings. The molecule has 0 aliphatic carbocycles. The third-order valence-electron chi connectivity index (χ3n) is 2.54. The predicted octanol–water partition coefficient (Wildman–Crippen LogP) is 4.05. The summed E-state index contributed by atoms with van der Waals surface area (Å²) in [7, 11) is 0. The quantitative estimate of drug-likeness (QED) is 0.514. The van der Waals surface area contributed by atoms with Crippen LogP contribution in [-0.2, 0) is 11.3 Å². The molecule has 7 nitrogen and oxygen atoms in total. The number of rotatable bonds is 4. The van der Waals surface area contributed by atoms with Crippen molar-refractivity contribution < 1.29 is 14.5 Å². The summed E-state index contributed by atoms with van der Waals surface area (Å²) in [6.45, 7) is 0.0157. The first-order chi connectivity index (χ1) is 10.5. The number of halogens is 2. The molecule has 0 radical (unpaired) electrons. The Labute approximate surface area is 135 Å². The van der Waals surface area contributed by atoms with Crippen molar-refractivity contribution in [3.05, 3.63) is 62.3 Å². The second-order valence-corrected chi connectivity index (χ2v) is 4.84. The monoisotopic (exact) mass is 341 g/mol. The Balaban J connectivity index is 2.08. The molecule has 0 aliphatic rings. The van der Waals surface area contributed by atoms with E-state index < -0.39 is 16.7 Å². The number of ether oxygens (including phenoxy) is 1. The van der Waals surface area contributed by atoms with Crippen LogP contribution in [0.15, 0.2) is 36.4 Å². The SMILES string of the molecule is O=C(Nc1nc(Cl)c(Cl)cc1[N+](=O)[O-])OCc1ccccc1. The average molecular weight is 342 g/mol. The Bertz CT molecular complexity index is 710. The lowest BCUT2D eigenvalue weighted by atomic mass is 10.2. The van der Waals surface area contributed by atoms with Gasteiger partial charge in [0.05, 0.1) is 9.95 Å². The molecular formula is C13H9Cl2N3O4. The van der Waals surface area contributed by atoms with E-state index in [9.17, 15) is 14.9 Å². The number of carbonyl (C=O) groups is 1. The fraction of sp³-hybridized carbons (Fsp3) is 0.0769. The lowest BCUT2D eigenvalue weighted by Gasteiger charge is -2.07. The van der Waals surface area contributed by atoms with Crippen LogP contribution < -0.4 is 5.32 Å². The largest absolute Gasteiger partial charge is 0.444 e. The van der Waals surface area contributed by atoms with E-state index in [1.54, 1.807) is 24.3 Å². The number of hydrogen-bond donors (Lipinski definition) is 1. The third kappa shape index (κ3) is 4.06. The maximum atomic E-state index is 11.7. The van der Waals surface area contributed by atoms with E-state index in [0.29, 0.717) is 0 Å². The lowest BCUT2D eigenvalue weighted by Crippen LogP contribution is -2.15. The molecule has 0 saturated heterocycles. The summed E-state index contributed by atoms with van der Waals surface area (Å²) in [6.07, 6.45) is -0.891. The Morgan fingerprint density at radius 2 is 2.00 bits per heavy atom.